The molecular formula is C23H33FN4O3. The number of nitrogens with one attached hydrogen (secondary N) is 1. The first-order chi connectivity index (χ1) is 14.6. The Bertz CT molecular complexity index is 807. The van der Waals surface area contributed by atoms with Crippen LogP contribution in [0.2, 0.25) is 0 Å². The number of likely N-dealkylation sites (tertiary alicyclic amines) is 1. The average Bonchev–Trinajstić information content (AvgIpc) is 2.72. The van der Waals surface area contributed by atoms with Gasteiger partial charge in [0.15, 0.2) is 0 Å². The van der Waals surface area contributed by atoms with Gasteiger partial charge in [0, 0.05) is 56.3 Å². The van der Waals surface area contributed by atoms with Gasteiger partial charge in [-0.1, -0.05) is 26.8 Å². The number of piperazine rings is 1. The van der Waals surface area contributed by atoms with Gasteiger partial charge in [0.2, 0.25) is 17.7 Å². The Kier molecular flexibility index (Phi) is 7.30. The minimum Gasteiger partial charge on any atom is -0.342 e. The van der Waals surface area contributed by atoms with Gasteiger partial charge in [-0.3, -0.25) is 19.3 Å². The van der Waals surface area contributed by atoms with Crippen molar-refractivity contribution in [3.05, 3.63) is 30.1 Å². The fourth-order valence-corrected chi connectivity index (χ4v) is 4.16. The lowest BCUT2D eigenvalue weighted by Crippen LogP contribution is -2.53. The van der Waals surface area contributed by atoms with E-state index < -0.39 is 11.2 Å². The molecule has 1 aromatic carbocycles. The van der Waals surface area contributed by atoms with Crippen LogP contribution in [0.3, 0.4) is 0 Å². The highest BCUT2D eigenvalue weighted by atomic mass is 19.1. The van der Waals surface area contributed by atoms with Gasteiger partial charge in [-0.05, 0) is 31.0 Å². The van der Waals surface area contributed by atoms with E-state index in [4.69, 9.17) is 0 Å². The Hall–Kier alpha value is -2.48. The molecule has 2 fully saturated rings. The number of halogens is 1. The normalized spacial score (nSPS) is 18.7. The summed E-state index contributed by atoms with van der Waals surface area (Å²) >= 11 is 0. The molecule has 1 aromatic rings. The van der Waals surface area contributed by atoms with Crippen LogP contribution in [0, 0.1) is 17.2 Å². The molecule has 0 aromatic heterocycles. The number of nitrogens with zero attached hydrogens (tertiary/aromatic N) is 3. The molecule has 170 valence electrons. The van der Waals surface area contributed by atoms with Gasteiger partial charge >= 0.3 is 0 Å². The van der Waals surface area contributed by atoms with Crippen molar-refractivity contribution in [2.75, 3.05) is 51.1 Å². The predicted octanol–water partition coefficient (Wildman–Crippen LogP) is 2.19. The monoisotopic (exact) mass is 432 g/mol. The first-order valence-corrected chi connectivity index (χ1v) is 11.0. The summed E-state index contributed by atoms with van der Waals surface area (Å²) in [6.07, 6.45) is 1.41. The smallest absolute Gasteiger partial charge is 0.238 e. The van der Waals surface area contributed by atoms with Crippen molar-refractivity contribution in [3.63, 3.8) is 0 Å². The zero-order chi connectivity index (χ0) is 22.6. The van der Waals surface area contributed by atoms with Crippen LogP contribution < -0.4 is 5.32 Å². The molecule has 7 nitrogen and oxygen atoms in total. The summed E-state index contributed by atoms with van der Waals surface area (Å²) in [5.74, 6) is -0.318. The van der Waals surface area contributed by atoms with Gasteiger partial charge in [-0.2, -0.15) is 0 Å². The maximum atomic E-state index is 13.2. The summed E-state index contributed by atoms with van der Waals surface area (Å²) in [4.78, 5) is 43.3. The van der Waals surface area contributed by atoms with Gasteiger partial charge in [0.05, 0.1) is 6.54 Å². The van der Waals surface area contributed by atoms with Crippen molar-refractivity contribution in [2.45, 2.75) is 33.6 Å². The molecule has 0 bridgehead atoms. The van der Waals surface area contributed by atoms with Crippen LogP contribution in [-0.2, 0) is 14.4 Å². The maximum Gasteiger partial charge on any atom is 0.238 e. The molecule has 0 atom stereocenters. The van der Waals surface area contributed by atoms with Crippen LogP contribution in [0.1, 0.15) is 33.6 Å². The van der Waals surface area contributed by atoms with Crippen molar-refractivity contribution in [1.82, 2.24) is 14.7 Å². The fourth-order valence-electron chi connectivity index (χ4n) is 4.16. The number of amides is 3. The van der Waals surface area contributed by atoms with Crippen LogP contribution in [0.5, 0.6) is 0 Å². The number of anilines is 1. The standard InChI is InChI=1S/C23H33FN4O3/c1-23(2,3)22(31)28-9-7-17(8-10-28)21(30)27-13-11-26(12-14-27)16-20(29)25-19-6-4-5-18(24)15-19/h4-6,15,17H,7-14,16H2,1-3H3,(H,25,29). The van der Waals surface area contributed by atoms with Crippen molar-refractivity contribution < 1.29 is 18.8 Å². The fraction of sp³-hybridized carbons (Fsp3) is 0.609. The lowest BCUT2D eigenvalue weighted by molar-refractivity contribution is -0.145. The van der Waals surface area contributed by atoms with E-state index in [0.29, 0.717) is 57.8 Å². The molecule has 3 rings (SSSR count). The van der Waals surface area contributed by atoms with Crippen molar-refractivity contribution >= 4 is 23.4 Å². The van der Waals surface area contributed by atoms with Crippen LogP contribution in [-0.4, -0.2) is 78.2 Å². The van der Waals surface area contributed by atoms with E-state index in [1.165, 1.54) is 12.1 Å². The lowest BCUT2D eigenvalue weighted by Gasteiger charge is -2.39. The van der Waals surface area contributed by atoms with Crippen LogP contribution in [0.15, 0.2) is 24.3 Å². The maximum absolute atomic E-state index is 13.2. The van der Waals surface area contributed by atoms with Crippen molar-refractivity contribution in [2.24, 2.45) is 11.3 Å². The second-order valence-electron chi connectivity index (χ2n) is 9.48. The summed E-state index contributed by atoms with van der Waals surface area (Å²) < 4.78 is 13.2. The summed E-state index contributed by atoms with van der Waals surface area (Å²) in [6.45, 7) is 9.68. The zero-order valence-electron chi connectivity index (χ0n) is 18.7. The molecule has 0 saturated carbocycles. The topological polar surface area (TPSA) is 73.0 Å². The number of benzene rings is 1. The molecule has 2 heterocycles. The Morgan fingerprint density at radius 3 is 2.23 bits per heavy atom. The first kappa shape index (κ1) is 23.2. The summed E-state index contributed by atoms with van der Waals surface area (Å²) in [6, 6.07) is 5.82. The Labute approximate surface area is 183 Å². The molecule has 0 radical (unpaired) electrons. The van der Waals surface area contributed by atoms with Crippen LogP contribution in [0.4, 0.5) is 10.1 Å². The van der Waals surface area contributed by atoms with E-state index in [2.05, 4.69) is 5.32 Å². The molecule has 1 N–H and O–H groups in total. The molecule has 3 amide bonds. The quantitative estimate of drug-likeness (QED) is 0.792. The van der Waals surface area contributed by atoms with Crippen LogP contribution in [0.25, 0.3) is 0 Å². The minimum atomic E-state index is -0.395. The average molecular weight is 433 g/mol. The minimum absolute atomic E-state index is 0.0353. The molecule has 8 heteroatoms. The number of carbonyl (C=O) groups excluding carboxylic acids is 3. The van der Waals surface area contributed by atoms with E-state index in [1.54, 1.807) is 12.1 Å². The number of hydrogen-bond donors (Lipinski definition) is 1. The number of piperidine rings is 1. The molecule has 0 spiro atoms. The van der Waals surface area contributed by atoms with E-state index in [0.717, 1.165) is 0 Å². The first-order valence-electron chi connectivity index (χ1n) is 11.0. The van der Waals surface area contributed by atoms with Gasteiger partial charge in [0.1, 0.15) is 5.82 Å². The third kappa shape index (κ3) is 6.26. The molecule has 2 saturated heterocycles. The predicted molar refractivity (Wildman–Crippen MR) is 117 cm³/mol. The number of carbonyl (C=O) groups is 3. The van der Waals surface area contributed by atoms with E-state index >= 15 is 0 Å². The largest absolute Gasteiger partial charge is 0.342 e. The van der Waals surface area contributed by atoms with Gasteiger partial charge < -0.3 is 15.1 Å². The summed E-state index contributed by atoms with van der Waals surface area (Å²) in [5.41, 5.74) is 0.0452. The summed E-state index contributed by atoms with van der Waals surface area (Å²) in [7, 11) is 0. The molecule has 0 aliphatic carbocycles. The number of hydrogen-bond acceptors (Lipinski definition) is 4. The third-order valence-corrected chi connectivity index (χ3v) is 5.93. The van der Waals surface area contributed by atoms with Crippen LogP contribution >= 0.6 is 0 Å². The van der Waals surface area contributed by atoms with Gasteiger partial charge in [-0.25, -0.2) is 4.39 Å². The van der Waals surface area contributed by atoms with Gasteiger partial charge in [0.25, 0.3) is 0 Å². The second-order valence-corrected chi connectivity index (χ2v) is 9.48. The molecule has 0 unspecified atom stereocenters. The van der Waals surface area contributed by atoms with E-state index in [1.807, 2.05) is 35.5 Å². The van der Waals surface area contributed by atoms with Crippen molar-refractivity contribution in [3.8, 4) is 0 Å². The Morgan fingerprint density at radius 2 is 1.65 bits per heavy atom. The van der Waals surface area contributed by atoms with Crippen molar-refractivity contribution in [1.29, 1.82) is 0 Å². The lowest BCUT2D eigenvalue weighted by atomic mass is 9.90. The molecule has 2 aliphatic heterocycles. The summed E-state index contributed by atoms with van der Waals surface area (Å²) in [5, 5.41) is 2.71. The molecular weight excluding hydrogens is 399 g/mol. The molecule has 31 heavy (non-hydrogen) atoms. The zero-order valence-corrected chi connectivity index (χ0v) is 18.7. The van der Waals surface area contributed by atoms with Gasteiger partial charge in [-0.15, -0.1) is 0 Å². The highest BCUT2D eigenvalue weighted by Gasteiger charge is 2.34. The van der Waals surface area contributed by atoms with E-state index in [-0.39, 0.29) is 30.2 Å². The Balaban J connectivity index is 1.41. The highest BCUT2D eigenvalue weighted by Crippen LogP contribution is 2.25. The SMILES string of the molecule is CC(C)(C)C(=O)N1CCC(C(=O)N2CCN(CC(=O)Nc3cccc(F)c3)CC2)CC1. The molecule has 2 aliphatic rings. The third-order valence-electron chi connectivity index (χ3n) is 5.93. The Morgan fingerprint density at radius 1 is 1.00 bits per heavy atom. The second kappa shape index (κ2) is 9.77. The number of rotatable bonds is 4. The highest BCUT2D eigenvalue weighted by molar-refractivity contribution is 5.92. The van der Waals surface area contributed by atoms with E-state index in [9.17, 15) is 18.8 Å².